The van der Waals surface area contributed by atoms with E-state index in [-0.39, 0.29) is 11.6 Å². The van der Waals surface area contributed by atoms with Crippen LogP contribution >= 0.6 is 34.2 Å². The first-order chi connectivity index (χ1) is 12.5. The molecule has 3 rings (SSSR count). The molecule has 0 radical (unpaired) electrons. The maximum absolute atomic E-state index is 13.0. The molecule has 0 aliphatic carbocycles. The second-order valence-electron chi connectivity index (χ2n) is 5.25. The first kappa shape index (κ1) is 18.5. The predicted octanol–water partition coefficient (Wildman–Crippen LogP) is 3.87. The molecular weight excluding hydrogens is 469 g/mol. The number of rotatable bonds is 5. The molecule has 8 heteroatoms. The van der Waals surface area contributed by atoms with E-state index in [2.05, 4.69) is 37.4 Å². The molecule has 1 heterocycles. The average Bonchev–Trinajstić information content (AvgIpc) is 3.11. The van der Waals surface area contributed by atoms with E-state index in [1.165, 1.54) is 11.8 Å². The van der Waals surface area contributed by atoms with Gasteiger partial charge in [-0.05, 0) is 18.2 Å². The summed E-state index contributed by atoms with van der Waals surface area (Å²) in [5, 5.41) is 4.65. The topological polar surface area (TPSA) is 74.1 Å². The highest BCUT2D eigenvalue weighted by atomic mass is 127. The van der Waals surface area contributed by atoms with Crippen LogP contribution in [-0.4, -0.2) is 33.6 Å². The van der Waals surface area contributed by atoms with Crippen LogP contribution in [0.1, 0.15) is 32.4 Å². The number of methoxy groups -OCH3 is 1. The normalized spacial score (nSPS) is 10.6. The molecule has 26 heavy (non-hydrogen) atoms. The molecule has 0 bridgehead atoms. The Morgan fingerprint density at radius 1 is 1.19 bits per heavy atom. The summed E-state index contributed by atoms with van der Waals surface area (Å²) in [6.45, 7) is 0. The fourth-order valence-electron chi connectivity index (χ4n) is 2.42. The van der Waals surface area contributed by atoms with Crippen molar-refractivity contribution in [1.82, 2.24) is 14.8 Å². The molecule has 132 valence electrons. The lowest BCUT2D eigenvalue weighted by atomic mass is 10.0. The summed E-state index contributed by atoms with van der Waals surface area (Å²) >= 11 is 8.23. The average molecular weight is 482 g/mol. The molecule has 1 aromatic heterocycles. The molecule has 6 nitrogen and oxygen atoms in total. The van der Waals surface area contributed by atoms with Gasteiger partial charge in [0, 0.05) is 16.1 Å². The number of aromatic nitrogens is 3. The van der Waals surface area contributed by atoms with Gasteiger partial charge in [-0.2, -0.15) is 0 Å². The Balaban J connectivity index is 2.16. The Morgan fingerprint density at radius 2 is 1.92 bits per heavy atom. The number of hydrogen-bond acceptors (Lipinski definition) is 5. The summed E-state index contributed by atoms with van der Waals surface area (Å²) < 4.78 is 6.65. The van der Waals surface area contributed by atoms with Crippen LogP contribution in [0.2, 0.25) is 5.02 Å². The zero-order chi connectivity index (χ0) is 18.7. The minimum atomic E-state index is -0.639. The van der Waals surface area contributed by atoms with Crippen molar-refractivity contribution in [2.75, 3.05) is 7.11 Å². The molecule has 0 aliphatic rings. The van der Waals surface area contributed by atoms with Crippen molar-refractivity contribution in [1.29, 1.82) is 0 Å². The van der Waals surface area contributed by atoms with E-state index in [0.29, 0.717) is 32.1 Å². The Morgan fingerprint density at radius 3 is 2.58 bits per heavy atom. The maximum Gasteiger partial charge on any atom is 0.377 e. The zero-order valence-electron chi connectivity index (χ0n) is 13.6. The predicted molar refractivity (Wildman–Crippen MR) is 105 cm³/mol. The van der Waals surface area contributed by atoms with E-state index in [4.69, 9.17) is 11.6 Å². The summed E-state index contributed by atoms with van der Waals surface area (Å²) in [6, 6.07) is 13.8. The number of esters is 1. The standard InChI is InChI=1S/C18H13ClIN3O3/c1-26-18(25)17-21-15(10-20)23(22-17)14-8-7-12(19)9-13(14)16(24)11-5-3-2-4-6-11/h2-9H,10H2,1H3. The molecule has 0 aliphatic heterocycles. The van der Waals surface area contributed by atoms with Gasteiger partial charge in [0.15, 0.2) is 5.78 Å². The lowest BCUT2D eigenvalue weighted by molar-refractivity contribution is 0.0586. The number of carbonyl (C=O) groups is 2. The van der Waals surface area contributed by atoms with Crippen LogP contribution in [0.25, 0.3) is 5.69 Å². The van der Waals surface area contributed by atoms with E-state index in [1.54, 1.807) is 42.5 Å². The first-order valence-corrected chi connectivity index (χ1v) is 9.45. The summed E-state index contributed by atoms with van der Waals surface area (Å²) in [6.07, 6.45) is 0. The molecule has 0 saturated heterocycles. The smallest absolute Gasteiger partial charge is 0.377 e. The van der Waals surface area contributed by atoms with E-state index < -0.39 is 5.97 Å². The van der Waals surface area contributed by atoms with Gasteiger partial charge >= 0.3 is 5.97 Å². The molecule has 0 N–H and O–H groups in total. The minimum absolute atomic E-state index is 0.0628. The third-order valence-corrected chi connectivity index (χ3v) is 4.55. The van der Waals surface area contributed by atoms with Crippen molar-refractivity contribution in [3.05, 3.63) is 76.3 Å². The Kier molecular flexibility index (Phi) is 5.67. The van der Waals surface area contributed by atoms with Gasteiger partial charge in [0.25, 0.3) is 5.82 Å². The third-order valence-electron chi connectivity index (χ3n) is 3.63. The molecule has 0 unspecified atom stereocenters. The number of ketones is 1. The number of benzene rings is 2. The lowest BCUT2D eigenvalue weighted by Crippen LogP contribution is -2.11. The Labute approximate surface area is 168 Å². The number of ether oxygens (including phenoxy) is 1. The maximum atomic E-state index is 13.0. The highest BCUT2D eigenvalue weighted by Crippen LogP contribution is 2.24. The van der Waals surface area contributed by atoms with Gasteiger partial charge in [-0.15, -0.1) is 5.10 Å². The highest BCUT2D eigenvalue weighted by molar-refractivity contribution is 14.1. The van der Waals surface area contributed by atoms with Gasteiger partial charge in [-0.1, -0.05) is 64.5 Å². The van der Waals surface area contributed by atoms with Crippen molar-refractivity contribution >= 4 is 45.9 Å². The van der Waals surface area contributed by atoms with Crippen molar-refractivity contribution in [3.63, 3.8) is 0 Å². The SMILES string of the molecule is COC(=O)c1nc(CI)n(-c2ccc(Cl)cc2C(=O)c2ccccc2)n1. The molecular formula is C18H13ClIN3O3. The van der Waals surface area contributed by atoms with Gasteiger partial charge in [-0.25, -0.2) is 14.5 Å². The van der Waals surface area contributed by atoms with Gasteiger partial charge in [0.2, 0.25) is 0 Å². The fourth-order valence-corrected chi connectivity index (χ4v) is 3.09. The van der Waals surface area contributed by atoms with Crippen molar-refractivity contribution in [2.24, 2.45) is 0 Å². The van der Waals surface area contributed by atoms with E-state index in [1.807, 2.05) is 6.07 Å². The lowest BCUT2D eigenvalue weighted by Gasteiger charge is -2.11. The van der Waals surface area contributed by atoms with Gasteiger partial charge < -0.3 is 4.74 Å². The first-order valence-electron chi connectivity index (χ1n) is 7.55. The van der Waals surface area contributed by atoms with Crippen LogP contribution < -0.4 is 0 Å². The third kappa shape index (κ3) is 3.63. The van der Waals surface area contributed by atoms with Crippen LogP contribution in [-0.2, 0) is 9.16 Å². The van der Waals surface area contributed by atoms with Gasteiger partial charge in [0.05, 0.1) is 17.2 Å². The van der Waals surface area contributed by atoms with Crippen LogP contribution in [0, 0.1) is 0 Å². The van der Waals surface area contributed by atoms with E-state index in [9.17, 15) is 9.59 Å². The van der Waals surface area contributed by atoms with Crippen LogP contribution in [0.15, 0.2) is 48.5 Å². The number of alkyl halides is 1. The molecule has 2 aromatic carbocycles. The summed E-state index contributed by atoms with van der Waals surface area (Å²) in [5.74, 6) is -0.375. The largest absolute Gasteiger partial charge is 0.463 e. The zero-order valence-corrected chi connectivity index (χ0v) is 16.6. The van der Waals surface area contributed by atoms with E-state index in [0.717, 1.165) is 0 Å². The van der Waals surface area contributed by atoms with Crippen LogP contribution in [0.3, 0.4) is 0 Å². The van der Waals surface area contributed by atoms with Gasteiger partial charge in [0.1, 0.15) is 5.82 Å². The quantitative estimate of drug-likeness (QED) is 0.239. The molecule has 0 fully saturated rings. The summed E-state index contributed by atoms with van der Waals surface area (Å²) in [7, 11) is 1.26. The number of halogens is 2. The molecule has 0 saturated carbocycles. The van der Waals surface area contributed by atoms with E-state index >= 15 is 0 Å². The van der Waals surface area contributed by atoms with Gasteiger partial charge in [-0.3, -0.25) is 4.79 Å². The molecule has 3 aromatic rings. The summed E-state index contributed by atoms with van der Waals surface area (Å²) in [5.41, 5.74) is 1.40. The van der Waals surface area contributed by atoms with Crippen LogP contribution in [0.4, 0.5) is 0 Å². The fraction of sp³-hybridized carbons (Fsp3) is 0.111. The van der Waals surface area contributed by atoms with Crippen molar-refractivity contribution in [2.45, 2.75) is 4.43 Å². The monoisotopic (exact) mass is 481 g/mol. The summed E-state index contributed by atoms with van der Waals surface area (Å²) in [4.78, 5) is 28.9. The number of carbonyl (C=O) groups excluding carboxylic acids is 2. The molecule has 0 atom stereocenters. The number of nitrogens with zero attached hydrogens (tertiary/aromatic N) is 3. The second-order valence-corrected chi connectivity index (χ2v) is 6.44. The van der Waals surface area contributed by atoms with Crippen LogP contribution in [0.5, 0.6) is 0 Å². The number of hydrogen-bond donors (Lipinski definition) is 0. The molecule has 0 amide bonds. The Hall–Kier alpha value is -2.26. The Bertz CT molecular complexity index is 973. The molecule has 0 spiro atoms. The van der Waals surface area contributed by atoms with Crippen molar-refractivity contribution < 1.29 is 14.3 Å². The second kappa shape index (κ2) is 7.96. The highest BCUT2D eigenvalue weighted by Gasteiger charge is 2.22. The van der Waals surface area contributed by atoms with Crippen molar-refractivity contribution in [3.8, 4) is 5.69 Å². The minimum Gasteiger partial charge on any atom is -0.463 e.